The topological polar surface area (TPSA) is 111 Å². The molecule has 1 atom stereocenters. The fourth-order valence-corrected chi connectivity index (χ4v) is 4.18. The summed E-state index contributed by atoms with van der Waals surface area (Å²) in [6.07, 6.45) is 2.72. The van der Waals surface area contributed by atoms with Crippen LogP contribution in [-0.4, -0.2) is 35.9 Å². The van der Waals surface area contributed by atoms with E-state index in [0.29, 0.717) is 12.1 Å². The van der Waals surface area contributed by atoms with Crippen molar-refractivity contribution < 1.29 is 12.8 Å². The van der Waals surface area contributed by atoms with Gasteiger partial charge in [0.1, 0.15) is 0 Å². The van der Waals surface area contributed by atoms with Gasteiger partial charge in [-0.3, -0.25) is 14.0 Å². The Morgan fingerprint density at radius 2 is 2.23 bits per heavy atom. The van der Waals surface area contributed by atoms with E-state index in [-0.39, 0.29) is 22.3 Å². The van der Waals surface area contributed by atoms with Crippen molar-refractivity contribution in [3.8, 4) is 0 Å². The second-order valence-corrected chi connectivity index (χ2v) is 7.86. The molecule has 9 nitrogen and oxygen atoms in total. The van der Waals surface area contributed by atoms with Gasteiger partial charge >= 0.3 is 5.76 Å². The molecule has 0 spiro atoms. The van der Waals surface area contributed by atoms with Crippen LogP contribution in [-0.2, 0) is 16.6 Å². The lowest BCUT2D eigenvalue weighted by molar-refractivity contribution is 0.492. The highest BCUT2D eigenvalue weighted by atomic mass is 32.2. The molecule has 0 amide bonds. The van der Waals surface area contributed by atoms with Gasteiger partial charge in [0.05, 0.1) is 16.5 Å². The standard InChI is InChI=1S/C16H19N5O4S/c1-2-20-13-4-3-12(9-14(13)25-16(20)22)26(23,24)19-15-6-8-21(18-15)11-5-7-17-10-11/h3-4,6,8-9,11,17H,2,5,7,10H2,1H3,(H,18,19). The Bertz CT molecular complexity index is 1110. The first-order valence-corrected chi connectivity index (χ1v) is 9.88. The van der Waals surface area contributed by atoms with Crippen molar-refractivity contribution >= 4 is 26.9 Å². The van der Waals surface area contributed by atoms with E-state index in [1.807, 2.05) is 6.92 Å². The molecule has 0 saturated carbocycles. The Kier molecular flexibility index (Phi) is 4.08. The summed E-state index contributed by atoms with van der Waals surface area (Å²) in [6, 6.07) is 6.23. The molecule has 4 rings (SSSR count). The van der Waals surface area contributed by atoms with E-state index in [4.69, 9.17) is 4.42 Å². The molecule has 1 aliphatic heterocycles. The molecule has 1 saturated heterocycles. The zero-order chi connectivity index (χ0) is 18.3. The predicted molar refractivity (Wildman–Crippen MR) is 95.7 cm³/mol. The van der Waals surface area contributed by atoms with Crippen LogP contribution in [0.2, 0.25) is 0 Å². The molecule has 0 bridgehead atoms. The van der Waals surface area contributed by atoms with Crippen molar-refractivity contribution in [1.29, 1.82) is 0 Å². The molecule has 1 unspecified atom stereocenters. The summed E-state index contributed by atoms with van der Waals surface area (Å²) in [5.74, 6) is -0.251. The average molecular weight is 377 g/mol. The van der Waals surface area contributed by atoms with Crippen molar-refractivity contribution in [2.75, 3.05) is 17.8 Å². The first-order valence-electron chi connectivity index (χ1n) is 8.40. The van der Waals surface area contributed by atoms with E-state index in [1.54, 1.807) is 23.0 Å². The molecule has 0 radical (unpaired) electrons. The van der Waals surface area contributed by atoms with Crippen LogP contribution in [0, 0.1) is 0 Å². The number of anilines is 1. The summed E-state index contributed by atoms with van der Waals surface area (Å²) in [5, 5.41) is 7.55. The Morgan fingerprint density at radius 1 is 1.38 bits per heavy atom. The maximum Gasteiger partial charge on any atom is 0.419 e. The minimum absolute atomic E-state index is 0.0130. The van der Waals surface area contributed by atoms with Crippen LogP contribution < -0.4 is 15.8 Å². The van der Waals surface area contributed by atoms with Gasteiger partial charge in [0.25, 0.3) is 10.0 Å². The second kappa shape index (κ2) is 6.29. The number of benzene rings is 1. The lowest BCUT2D eigenvalue weighted by atomic mass is 10.3. The third kappa shape index (κ3) is 2.90. The quantitative estimate of drug-likeness (QED) is 0.690. The maximum absolute atomic E-state index is 12.6. The number of hydrogen-bond donors (Lipinski definition) is 2. The molecule has 1 aromatic carbocycles. The number of aryl methyl sites for hydroxylation is 1. The van der Waals surface area contributed by atoms with Crippen molar-refractivity contribution in [2.45, 2.75) is 30.8 Å². The van der Waals surface area contributed by atoms with Gasteiger partial charge in [-0.15, -0.1) is 0 Å². The number of aromatic nitrogens is 3. The normalized spacial score (nSPS) is 17.8. The molecule has 1 fully saturated rings. The Balaban J connectivity index is 1.62. The largest absolute Gasteiger partial charge is 0.419 e. The fourth-order valence-electron chi connectivity index (χ4n) is 3.17. The van der Waals surface area contributed by atoms with Crippen molar-refractivity contribution in [3.05, 3.63) is 41.0 Å². The van der Waals surface area contributed by atoms with Crippen LogP contribution in [0.1, 0.15) is 19.4 Å². The molecular formula is C16H19N5O4S. The number of nitrogens with zero attached hydrogens (tertiary/aromatic N) is 3. The maximum atomic E-state index is 12.6. The van der Waals surface area contributed by atoms with Gasteiger partial charge in [-0.2, -0.15) is 5.10 Å². The number of hydrogen-bond acceptors (Lipinski definition) is 6. The highest BCUT2D eigenvalue weighted by molar-refractivity contribution is 7.92. The van der Waals surface area contributed by atoms with Crippen LogP contribution in [0.15, 0.2) is 44.6 Å². The summed E-state index contributed by atoms with van der Waals surface area (Å²) in [4.78, 5) is 11.8. The van der Waals surface area contributed by atoms with Crippen LogP contribution in [0.4, 0.5) is 5.82 Å². The van der Waals surface area contributed by atoms with E-state index in [9.17, 15) is 13.2 Å². The SMILES string of the molecule is CCn1c(=O)oc2cc(S(=O)(=O)Nc3ccn(C4CCNC4)n3)ccc21. The van der Waals surface area contributed by atoms with Gasteiger partial charge in [-0.05, 0) is 32.0 Å². The lowest BCUT2D eigenvalue weighted by Crippen LogP contribution is -2.16. The Morgan fingerprint density at radius 3 is 2.96 bits per heavy atom. The Labute approximate surface area is 149 Å². The summed E-state index contributed by atoms with van der Waals surface area (Å²) in [6.45, 7) is 4.01. The molecule has 3 heterocycles. The first kappa shape index (κ1) is 16.9. The van der Waals surface area contributed by atoms with Gasteiger partial charge in [0.2, 0.25) is 0 Å². The van der Waals surface area contributed by atoms with Crippen LogP contribution in [0.25, 0.3) is 11.1 Å². The van der Waals surface area contributed by atoms with Crippen molar-refractivity contribution in [2.24, 2.45) is 0 Å². The van der Waals surface area contributed by atoms with Crippen LogP contribution >= 0.6 is 0 Å². The summed E-state index contributed by atoms with van der Waals surface area (Å²) < 4.78 is 36.1. The van der Waals surface area contributed by atoms with E-state index in [0.717, 1.165) is 19.5 Å². The zero-order valence-electron chi connectivity index (χ0n) is 14.2. The van der Waals surface area contributed by atoms with Gasteiger partial charge in [0, 0.05) is 31.4 Å². The minimum atomic E-state index is -3.84. The van der Waals surface area contributed by atoms with Gasteiger partial charge in [0.15, 0.2) is 11.4 Å². The third-order valence-electron chi connectivity index (χ3n) is 4.52. The van der Waals surface area contributed by atoms with Gasteiger partial charge in [-0.25, -0.2) is 13.2 Å². The third-order valence-corrected chi connectivity index (χ3v) is 5.87. The van der Waals surface area contributed by atoms with E-state index in [2.05, 4.69) is 15.1 Å². The smallest absolute Gasteiger partial charge is 0.408 e. The fraction of sp³-hybridized carbons (Fsp3) is 0.375. The minimum Gasteiger partial charge on any atom is -0.408 e. The highest BCUT2D eigenvalue weighted by Gasteiger charge is 2.21. The highest BCUT2D eigenvalue weighted by Crippen LogP contribution is 2.21. The molecule has 2 aromatic heterocycles. The number of fused-ring (bicyclic) bond motifs is 1. The van der Waals surface area contributed by atoms with Gasteiger partial charge in [-0.1, -0.05) is 0 Å². The number of nitrogens with one attached hydrogen (secondary N) is 2. The molecule has 2 N–H and O–H groups in total. The van der Waals surface area contributed by atoms with Gasteiger partial charge < -0.3 is 9.73 Å². The lowest BCUT2D eigenvalue weighted by Gasteiger charge is -2.09. The zero-order valence-corrected chi connectivity index (χ0v) is 15.0. The monoisotopic (exact) mass is 377 g/mol. The summed E-state index contributed by atoms with van der Waals surface area (Å²) in [5.41, 5.74) is 0.803. The molecule has 1 aliphatic rings. The molecule has 0 aliphatic carbocycles. The average Bonchev–Trinajstić information content (AvgIpc) is 3.32. The van der Waals surface area contributed by atoms with E-state index >= 15 is 0 Å². The molecular weight excluding hydrogens is 358 g/mol. The summed E-state index contributed by atoms with van der Waals surface area (Å²) >= 11 is 0. The van der Waals surface area contributed by atoms with Crippen molar-refractivity contribution in [1.82, 2.24) is 19.7 Å². The first-order chi connectivity index (χ1) is 12.5. The van der Waals surface area contributed by atoms with Crippen molar-refractivity contribution in [3.63, 3.8) is 0 Å². The van der Waals surface area contributed by atoms with E-state index < -0.39 is 15.8 Å². The van der Waals surface area contributed by atoms with Crippen LogP contribution in [0.3, 0.4) is 0 Å². The number of sulfonamides is 1. The van der Waals surface area contributed by atoms with E-state index in [1.165, 1.54) is 16.7 Å². The number of oxazole rings is 1. The second-order valence-electron chi connectivity index (χ2n) is 6.17. The Hall–Kier alpha value is -2.59. The molecule has 26 heavy (non-hydrogen) atoms. The molecule has 10 heteroatoms. The molecule has 138 valence electrons. The summed E-state index contributed by atoms with van der Waals surface area (Å²) in [7, 11) is -3.84. The molecule has 3 aromatic rings. The predicted octanol–water partition coefficient (Wildman–Crippen LogP) is 1.15. The van der Waals surface area contributed by atoms with Crippen LogP contribution in [0.5, 0.6) is 0 Å². The number of rotatable bonds is 5.